The molecule has 6 heteroatoms. The second-order valence-corrected chi connectivity index (χ2v) is 8.04. The van der Waals surface area contributed by atoms with Crippen molar-refractivity contribution in [3.8, 4) is 11.3 Å². The maximum atomic E-state index is 12.8. The van der Waals surface area contributed by atoms with E-state index in [1.807, 2.05) is 48.5 Å². The van der Waals surface area contributed by atoms with Gasteiger partial charge in [-0.15, -0.1) is 0 Å². The summed E-state index contributed by atoms with van der Waals surface area (Å²) in [5.74, 6) is 0.712. The zero-order valence-electron chi connectivity index (χ0n) is 16.9. The van der Waals surface area contributed by atoms with Crippen molar-refractivity contribution in [2.24, 2.45) is 0 Å². The molecule has 1 amide bonds. The fourth-order valence-corrected chi connectivity index (χ4v) is 4.18. The Morgan fingerprint density at radius 2 is 1.81 bits per heavy atom. The Hall–Kier alpha value is -3.44. The van der Waals surface area contributed by atoms with Crippen LogP contribution in [0.1, 0.15) is 23.2 Å². The minimum atomic E-state index is -0.209. The normalized spacial score (nSPS) is 13.5. The second-order valence-electron chi connectivity index (χ2n) is 7.63. The average molecular weight is 429 g/mol. The molecule has 0 bridgehead atoms. The Kier molecular flexibility index (Phi) is 5.26. The largest absolute Gasteiger partial charge is 0.357 e. The summed E-state index contributed by atoms with van der Waals surface area (Å²) < 4.78 is 0. The molecular weight excluding hydrogens is 408 g/mol. The summed E-state index contributed by atoms with van der Waals surface area (Å²) in [6.07, 6.45) is 5.78. The molecule has 1 fully saturated rings. The van der Waals surface area contributed by atoms with Crippen LogP contribution in [-0.2, 0) is 0 Å². The number of benzene rings is 2. The lowest BCUT2D eigenvalue weighted by atomic mass is 10.0. The zero-order chi connectivity index (χ0) is 21.2. The van der Waals surface area contributed by atoms with Gasteiger partial charge in [-0.2, -0.15) is 0 Å². The maximum Gasteiger partial charge on any atom is 0.257 e. The van der Waals surface area contributed by atoms with Gasteiger partial charge >= 0.3 is 0 Å². The molecule has 2 aromatic carbocycles. The molecule has 4 aromatic rings. The van der Waals surface area contributed by atoms with Crippen LogP contribution in [0.25, 0.3) is 22.0 Å². The van der Waals surface area contributed by atoms with Gasteiger partial charge in [0.1, 0.15) is 5.82 Å². The molecule has 154 valence electrons. The number of rotatable bonds is 4. The van der Waals surface area contributed by atoms with Gasteiger partial charge in [0.05, 0.1) is 16.3 Å². The van der Waals surface area contributed by atoms with Gasteiger partial charge in [-0.1, -0.05) is 35.9 Å². The van der Waals surface area contributed by atoms with Crippen LogP contribution in [0.5, 0.6) is 0 Å². The van der Waals surface area contributed by atoms with E-state index in [9.17, 15) is 4.79 Å². The van der Waals surface area contributed by atoms with Gasteiger partial charge in [0.25, 0.3) is 5.91 Å². The van der Waals surface area contributed by atoms with Gasteiger partial charge in [-0.25, -0.2) is 4.98 Å². The number of halogens is 1. The van der Waals surface area contributed by atoms with E-state index >= 15 is 0 Å². The number of nitrogens with zero attached hydrogens (tertiary/aromatic N) is 3. The van der Waals surface area contributed by atoms with E-state index in [2.05, 4.69) is 20.2 Å². The second kappa shape index (κ2) is 8.36. The summed E-state index contributed by atoms with van der Waals surface area (Å²) in [6.45, 7) is 2.04. The molecule has 5 rings (SSSR count). The van der Waals surface area contributed by atoms with Crippen LogP contribution in [0.15, 0.2) is 73.1 Å². The lowest BCUT2D eigenvalue weighted by molar-refractivity contribution is 0.102. The van der Waals surface area contributed by atoms with Gasteiger partial charge < -0.3 is 10.2 Å². The summed E-state index contributed by atoms with van der Waals surface area (Å²) in [5.41, 5.74) is 2.74. The number of hydrogen-bond acceptors (Lipinski definition) is 4. The molecule has 1 aliphatic rings. The van der Waals surface area contributed by atoms with Crippen LogP contribution in [0.2, 0.25) is 5.02 Å². The molecule has 0 unspecified atom stereocenters. The number of hydrogen-bond donors (Lipinski definition) is 1. The number of carbonyl (C=O) groups is 1. The van der Waals surface area contributed by atoms with E-state index < -0.39 is 0 Å². The van der Waals surface area contributed by atoms with E-state index in [4.69, 9.17) is 11.6 Å². The lowest BCUT2D eigenvalue weighted by Gasteiger charge is -2.16. The number of anilines is 2. The number of carbonyl (C=O) groups excluding carboxylic acids is 1. The standard InChI is InChI=1S/C25H21ClN4O/c26-22-9-8-19(15-21(22)24-20-6-2-1-5-17(20)11-12-27-24)29-25(31)18-7-10-23(28-16-18)30-13-3-4-14-30/h1-2,5-12,15-16H,3-4,13-14H2,(H,29,31). The van der Waals surface area contributed by atoms with Gasteiger partial charge in [-0.3, -0.25) is 9.78 Å². The molecule has 0 saturated carbocycles. The first kappa shape index (κ1) is 19.5. The fourth-order valence-electron chi connectivity index (χ4n) is 3.98. The van der Waals surface area contributed by atoms with Gasteiger partial charge in [0.2, 0.25) is 0 Å². The molecule has 5 nitrogen and oxygen atoms in total. The molecule has 1 N–H and O–H groups in total. The molecule has 0 spiro atoms. The molecule has 0 atom stereocenters. The number of fused-ring (bicyclic) bond motifs is 1. The third-order valence-electron chi connectivity index (χ3n) is 5.59. The quantitative estimate of drug-likeness (QED) is 0.446. The Bertz CT molecular complexity index is 1240. The molecule has 1 aliphatic heterocycles. The zero-order valence-corrected chi connectivity index (χ0v) is 17.6. The van der Waals surface area contributed by atoms with Gasteiger partial charge in [0, 0.05) is 42.1 Å². The summed E-state index contributed by atoms with van der Waals surface area (Å²) >= 11 is 6.50. The van der Waals surface area contributed by atoms with E-state index in [0.29, 0.717) is 16.3 Å². The van der Waals surface area contributed by atoms with Crippen molar-refractivity contribution in [2.75, 3.05) is 23.3 Å². The third-order valence-corrected chi connectivity index (χ3v) is 5.92. The van der Waals surface area contributed by atoms with Crippen LogP contribution in [0.3, 0.4) is 0 Å². The average Bonchev–Trinajstić information content (AvgIpc) is 3.35. The number of pyridine rings is 2. The predicted octanol–water partition coefficient (Wildman–Crippen LogP) is 5.80. The first-order chi connectivity index (χ1) is 15.2. The van der Waals surface area contributed by atoms with Crippen molar-refractivity contribution in [3.63, 3.8) is 0 Å². The van der Waals surface area contributed by atoms with Crippen LogP contribution in [0.4, 0.5) is 11.5 Å². The number of nitrogens with one attached hydrogen (secondary N) is 1. The van der Waals surface area contributed by atoms with Crippen molar-refractivity contribution < 1.29 is 4.79 Å². The molecule has 31 heavy (non-hydrogen) atoms. The highest BCUT2D eigenvalue weighted by Gasteiger charge is 2.15. The van der Waals surface area contributed by atoms with Crippen LogP contribution >= 0.6 is 11.6 Å². The van der Waals surface area contributed by atoms with Gasteiger partial charge in [0.15, 0.2) is 0 Å². The van der Waals surface area contributed by atoms with E-state index in [1.165, 1.54) is 12.8 Å². The monoisotopic (exact) mass is 428 g/mol. The number of aromatic nitrogens is 2. The summed E-state index contributed by atoms with van der Waals surface area (Å²) in [4.78, 5) is 24.0. The number of amides is 1. The summed E-state index contributed by atoms with van der Waals surface area (Å²) in [6, 6.07) is 19.2. The Morgan fingerprint density at radius 1 is 0.968 bits per heavy atom. The van der Waals surface area contributed by atoms with Crippen LogP contribution in [-0.4, -0.2) is 29.0 Å². The molecule has 0 aliphatic carbocycles. The highest BCUT2D eigenvalue weighted by molar-refractivity contribution is 6.33. The van der Waals surface area contributed by atoms with Crippen molar-refractivity contribution in [1.82, 2.24) is 9.97 Å². The Morgan fingerprint density at radius 3 is 2.61 bits per heavy atom. The minimum absolute atomic E-state index is 0.209. The van der Waals surface area contributed by atoms with Crippen molar-refractivity contribution >= 4 is 39.8 Å². The Balaban J connectivity index is 1.41. The van der Waals surface area contributed by atoms with E-state index in [0.717, 1.165) is 40.9 Å². The van der Waals surface area contributed by atoms with Crippen LogP contribution < -0.4 is 10.2 Å². The molecule has 0 radical (unpaired) electrons. The minimum Gasteiger partial charge on any atom is -0.357 e. The van der Waals surface area contributed by atoms with Gasteiger partial charge in [-0.05, 0) is 54.6 Å². The smallest absolute Gasteiger partial charge is 0.257 e. The molecular formula is C25H21ClN4O. The van der Waals surface area contributed by atoms with E-state index in [1.54, 1.807) is 24.5 Å². The van der Waals surface area contributed by atoms with Crippen LogP contribution in [0, 0.1) is 0 Å². The molecule has 2 aromatic heterocycles. The topological polar surface area (TPSA) is 58.1 Å². The van der Waals surface area contributed by atoms with E-state index in [-0.39, 0.29) is 5.91 Å². The SMILES string of the molecule is O=C(Nc1ccc(Cl)c(-c2nccc3ccccc23)c1)c1ccc(N2CCCC2)nc1. The highest BCUT2D eigenvalue weighted by Crippen LogP contribution is 2.33. The highest BCUT2D eigenvalue weighted by atomic mass is 35.5. The van der Waals surface area contributed by atoms with Crippen molar-refractivity contribution in [1.29, 1.82) is 0 Å². The first-order valence-electron chi connectivity index (χ1n) is 10.3. The Labute approximate surface area is 185 Å². The predicted molar refractivity (Wildman–Crippen MR) is 126 cm³/mol. The fraction of sp³-hybridized carbons (Fsp3) is 0.160. The lowest BCUT2D eigenvalue weighted by Crippen LogP contribution is -2.19. The first-order valence-corrected chi connectivity index (χ1v) is 10.7. The molecule has 3 heterocycles. The third kappa shape index (κ3) is 3.97. The van der Waals surface area contributed by atoms with Crippen molar-refractivity contribution in [2.45, 2.75) is 12.8 Å². The summed E-state index contributed by atoms with van der Waals surface area (Å²) in [5, 5.41) is 5.63. The summed E-state index contributed by atoms with van der Waals surface area (Å²) in [7, 11) is 0. The molecule has 1 saturated heterocycles. The van der Waals surface area contributed by atoms with Crippen molar-refractivity contribution in [3.05, 3.63) is 83.6 Å². The maximum absolute atomic E-state index is 12.8.